The third kappa shape index (κ3) is 10.5. The van der Waals surface area contributed by atoms with Crippen molar-refractivity contribution in [3.63, 3.8) is 0 Å². The number of hydrogen-bond donors (Lipinski definition) is 5. The predicted octanol–water partition coefficient (Wildman–Crippen LogP) is 3.89. The van der Waals surface area contributed by atoms with Crippen molar-refractivity contribution >= 4 is 23.8 Å². The summed E-state index contributed by atoms with van der Waals surface area (Å²) < 4.78 is 0. The highest BCUT2D eigenvalue weighted by molar-refractivity contribution is 5.79. The third-order valence-electron chi connectivity index (χ3n) is 7.85. The summed E-state index contributed by atoms with van der Waals surface area (Å²) in [6.45, 7) is 12.3. The molecule has 0 bridgehead atoms. The van der Waals surface area contributed by atoms with Crippen LogP contribution in [-0.2, 0) is 25.6 Å². The molecule has 0 fully saturated rings. The van der Waals surface area contributed by atoms with Crippen molar-refractivity contribution in [2.24, 2.45) is 17.8 Å². The number of aromatic amines is 1. The Morgan fingerprint density at radius 1 is 0.947 bits per heavy atom. The van der Waals surface area contributed by atoms with Crippen molar-refractivity contribution in [2.45, 2.75) is 92.0 Å². The molecule has 1 rings (SSSR count). The van der Waals surface area contributed by atoms with E-state index in [2.05, 4.69) is 51.0 Å². The third-order valence-corrected chi connectivity index (χ3v) is 7.85. The number of aliphatic carboxylic acids is 3. The predicted molar refractivity (Wildman–Crippen MR) is 145 cm³/mol. The fourth-order valence-corrected chi connectivity index (χ4v) is 5.09. The van der Waals surface area contributed by atoms with Gasteiger partial charge in [-0.15, -0.1) is 0 Å². The largest absolute Gasteiger partial charge is 0.480 e. The summed E-state index contributed by atoms with van der Waals surface area (Å²) in [5.41, 5.74) is 3.13. The van der Waals surface area contributed by atoms with Crippen molar-refractivity contribution in [3.05, 3.63) is 23.0 Å². The molecule has 38 heavy (non-hydrogen) atoms. The molecule has 10 heteroatoms. The molecule has 0 aliphatic carbocycles. The molecular formula is C28H47N3O7. The number of amides is 1. The van der Waals surface area contributed by atoms with Gasteiger partial charge in [0.1, 0.15) is 6.04 Å². The molecule has 0 saturated carbocycles. The molecule has 1 aromatic rings. The smallest absolute Gasteiger partial charge is 0.320 e. The Bertz CT molecular complexity index is 914. The number of carbonyl (C=O) groups excluding carboxylic acids is 1. The summed E-state index contributed by atoms with van der Waals surface area (Å²) in [5, 5.41) is 30.3. The number of rotatable bonds is 19. The molecule has 1 amide bonds. The van der Waals surface area contributed by atoms with Crippen LogP contribution in [0.25, 0.3) is 0 Å². The van der Waals surface area contributed by atoms with Crippen LogP contribution in [0.2, 0.25) is 0 Å². The topological polar surface area (TPSA) is 160 Å². The van der Waals surface area contributed by atoms with Gasteiger partial charge in [-0.05, 0) is 55.6 Å². The summed E-state index contributed by atoms with van der Waals surface area (Å²) in [5.74, 6) is -1.99. The Labute approximate surface area is 226 Å². The van der Waals surface area contributed by atoms with E-state index in [1.54, 1.807) is 0 Å². The van der Waals surface area contributed by atoms with Crippen molar-refractivity contribution in [3.8, 4) is 0 Å². The van der Waals surface area contributed by atoms with Gasteiger partial charge in [0.25, 0.3) is 0 Å². The van der Waals surface area contributed by atoms with Crippen LogP contribution < -0.4 is 5.32 Å². The van der Waals surface area contributed by atoms with E-state index in [1.165, 1.54) is 5.69 Å². The van der Waals surface area contributed by atoms with Crippen LogP contribution >= 0.6 is 0 Å². The fraction of sp³-hybridized carbons (Fsp3) is 0.714. The van der Waals surface area contributed by atoms with E-state index in [-0.39, 0.29) is 18.7 Å². The fourth-order valence-electron chi connectivity index (χ4n) is 5.09. The summed E-state index contributed by atoms with van der Waals surface area (Å²) >= 11 is 0. The second-order valence-corrected chi connectivity index (χ2v) is 10.6. The van der Waals surface area contributed by atoms with Crippen molar-refractivity contribution < 1.29 is 34.5 Å². The Morgan fingerprint density at radius 2 is 1.53 bits per heavy atom. The molecule has 1 heterocycles. The van der Waals surface area contributed by atoms with Gasteiger partial charge in [0.15, 0.2) is 0 Å². The lowest BCUT2D eigenvalue weighted by molar-refractivity contribution is -0.149. The highest BCUT2D eigenvalue weighted by Crippen LogP contribution is 2.39. The summed E-state index contributed by atoms with van der Waals surface area (Å²) in [7, 11) is 0. The summed E-state index contributed by atoms with van der Waals surface area (Å²) in [4.78, 5) is 50.8. The van der Waals surface area contributed by atoms with E-state index in [0.29, 0.717) is 43.1 Å². The van der Waals surface area contributed by atoms with Gasteiger partial charge >= 0.3 is 17.9 Å². The van der Waals surface area contributed by atoms with E-state index < -0.39 is 37.0 Å². The Hall–Kier alpha value is -2.88. The summed E-state index contributed by atoms with van der Waals surface area (Å²) in [6.07, 6.45) is 3.40. The number of hydrogen-bond acceptors (Lipinski definition) is 5. The number of nitrogens with zero attached hydrogens (tertiary/aromatic N) is 1. The molecule has 0 radical (unpaired) electrons. The number of nitrogens with one attached hydrogen (secondary N) is 2. The second-order valence-electron chi connectivity index (χ2n) is 10.6. The zero-order valence-electron chi connectivity index (χ0n) is 23.7. The highest BCUT2D eigenvalue weighted by Gasteiger charge is 2.30. The number of aryl methyl sites for hydroxylation is 1. The Morgan fingerprint density at radius 3 is 2.03 bits per heavy atom. The van der Waals surface area contributed by atoms with Crippen LogP contribution in [0, 0.1) is 24.7 Å². The van der Waals surface area contributed by atoms with Crippen LogP contribution in [0.15, 0.2) is 6.07 Å². The number of carboxylic acids is 3. The van der Waals surface area contributed by atoms with E-state index in [0.717, 1.165) is 29.0 Å². The molecule has 10 nitrogen and oxygen atoms in total. The van der Waals surface area contributed by atoms with Crippen molar-refractivity contribution in [2.75, 3.05) is 19.6 Å². The average molecular weight is 538 g/mol. The van der Waals surface area contributed by atoms with Crippen LogP contribution in [0.4, 0.5) is 0 Å². The van der Waals surface area contributed by atoms with Crippen molar-refractivity contribution in [1.29, 1.82) is 0 Å². The maximum absolute atomic E-state index is 12.6. The molecule has 216 valence electrons. The van der Waals surface area contributed by atoms with Crippen LogP contribution in [0.5, 0.6) is 0 Å². The maximum Gasteiger partial charge on any atom is 0.320 e. The molecule has 5 N–H and O–H groups in total. The van der Waals surface area contributed by atoms with Gasteiger partial charge in [0.2, 0.25) is 5.91 Å². The van der Waals surface area contributed by atoms with Crippen LogP contribution in [0.3, 0.4) is 0 Å². The quantitative estimate of drug-likeness (QED) is 0.166. The lowest BCUT2D eigenvalue weighted by atomic mass is 9.74. The minimum Gasteiger partial charge on any atom is -0.480 e. The standard InChI is InChI=1S/C28H47N3O7/c1-7-17(3)19(5)27(18(4)8-2)22-13-21(20(6)30-22)14-24(32)29-12-10-9-11-23(28(37)38)31(15-25(33)34)16-26(35)36/h13,17-19,23,27,30H,7-12,14-16H2,1-6H3,(H,29,32)(H,33,34)(H,35,36)(H,37,38). The first-order valence-electron chi connectivity index (χ1n) is 13.7. The van der Waals surface area contributed by atoms with Crippen LogP contribution in [-0.4, -0.2) is 74.7 Å². The van der Waals surface area contributed by atoms with Gasteiger partial charge in [-0.2, -0.15) is 0 Å². The lowest BCUT2D eigenvalue weighted by Crippen LogP contribution is -2.46. The molecule has 0 spiro atoms. The number of carbonyl (C=O) groups is 4. The van der Waals surface area contributed by atoms with E-state index in [9.17, 15) is 24.3 Å². The van der Waals surface area contributed by atoms with E-state index >= 15 is 0 Å². The molecule has 1 aromatic heterocycles. The number of carboxylic acid groups (broad SMARTS) is 3. The Kier molecular flexibility index (Phi) is 14.1. The zero-order valence-corrected chi connectivity index (χ0v) is 23.7. The number of H-pyrrole nitrogens is 1. The number of aromatic nitrogens is 1. The van der Waals surface area contributed by atoms with Gasteiger partial charge in [-0.1, -0.05) is 47.5 Å². The summed E-state index contributed by atoms with van der Waals surface area (Å²) in [6, 6.07) is 0.900. The van der Waals surface area contributed by atoms with E-state index in [1.807, 2.05) is 6.92 Å². The van der Waals surface area contributed by atoms with Gasteiger partial charge in [0.05, 0.1) is 19.5 Å². The first kappa shape index (κ1) is 33.1. The highest BCUT2D eigenvalue weighted by atomic mass is 16.4. The van der Waals surface area contributed by atoms with Crippen molar-refractivity contribution in [1.82, 2.24) is 15.2 Å². The SMILES string of the molecule is CCC(C)C(C)C(c1cc(CC(=O)NCCCCC(C(=O)O)N(CC(=O)O)CC(=O)O)c(C)[nH]1)C(C)CC. The number of unbranched alkanes of at least 4 members (excludes halogenated alkanes) is 1. The molecule has 5 unspecified atom stereocenters. The average Bonchev–Trinajstić information content (AvgIpc) is 3.18. The molecular weight excluding hydrogens is 490 g/mol. The zero-order chi connectivity index (χ0) is 29.0. The van der Waals surface area contributed by atoms with Gasteiger partial charge < -0.3 is 25.6 Å². The normalized spacial score (nSPS) is 15.4. The molecule has 0 aliphatic heterocycles. The first-order valence-corrected chi connectivity index (χ1v) is 13.7. The minimum absolute atomic E-state index is 0.0808. The minimum atomic E-state index is -1.29. The second kappa shape index (κ2) is 16.2. The molecule has 0 aliphatic rings. The maximum atomic E-state index is 12.6. The van der Waals surface area contributed by atoms with Gasteiger partial charge in [-0.3, -0.25) is 24.1 Å². The Balaban J connectivity index is 2.70. The van der Waals surface area contributed by atoms with Gasteiger partial charge in [0, 0.05) is 23.9 Å². The first-order chi connectivity index (χ1) is 17.8. The molecule has 0 aromatic carbocycles. The molecule has 0 saturated heterocycles. The van der Waals surface area contributed by atoms with E-state index in [4.69, 9.17) is 10.2 Å². The lowest BCUT2D eigenvalue weighted by Gasteiger charge is -2.32. The van der Waals surface area contributed by atoms with Gasteiger partial charge in [-0.25, -0.2) is 0 Å². The monoisotopic (exact) mass is 537 g/mol. The van der Waals surface area contributed by atoms with Crippen LogP contribution in [0.1, 0.15) is 89.6 Å². The molecule has 5 atom stereocenters.